The quantitative estimate of drug-likeness (QED) is 0.249. The highest BCUT2D eigenvalue weighted by Crippen LogP contribution is 2.41. The number of rotatable bonds is 8. The predicted molar refractivity (Wildman–Crippen MR) is 132 cm³/mol. The minimum atomic E-state index is -4.69. The zero-order valence-corrected chi connectivity index (χ0v) is 21.2. The molecule has 0 aromatic heterocycles. The molecule has 13 heteroatoms. The number of carbonyl (C=O) groups excluding carboxylic acids is 2. The van der Waals surface area contributed by atoms with Gasteiger partial charge in [-0.1, -0.05) is 65.7 Å². The van der Waals surface area contributed by atoms with E-state index in [0.717, 1.165) is 18.2 Å². The molecule has 0 bridgehead atoms. The number of hydrogen-bond donors (Lipinski definition) is 2. The minimum absolute atomic E-state index is 0.00579. The van der Waals surface area contributed by atoms with Crippen LogP contribution in [0.3, 0.4) is 0 Å². The molecule has 0 aliphatic heterocycles. The smallest absolute Gasteiger partial charge is 0.345 e. The molecule has 0 spiro atoms. The Morgan fingerprint density at radius 2 is 1.62 bits per heavy atom. The highest BCUT2D eigenvalue weighted by Gasteiger charge is 2.39. The Kier molecular flexibility index (Phi) is 10.1. The van der Waals surface area contributed by atoms with Crippen molar-refractivity contribution >= 4 is 58.8 Å². The lowest BCUT2D eigenvalue weighted by Crippen LogP contribution is -2.47. The Labute approximate surface area is 223 Å². The SMILES string of the molecule is C=Cc1cc(/C=C/C(c2cc(Cl)c(Cl)c(Cl)c2)C(F)(F)F)ccc1C(=O)N[C@H](C)C(=O)NCC(F)(F)F. The van der Waals surface area contributed by atoms with E-state index in [1.807, 2.05) is 0 Å². The van der Waals surface area contributed by atoms with Crippen LogP contribution in [0.25, 0.3) is 12.2 Å². The maximum atomic E-state index is 13.8. The van der Waals surface area contributed by atoms with E-state index >= 15 is 0 Å². The Bertz CT molecular complexity index is 1190. The molecule has 200 valence electrons. The maximum absolute atomic E-state index is 13.8. The summed E-state index contributed by atoms with van der Waals surface area (Å²) < 4.78 is 78.1. The van der Waals surface area contributed by atoms with Crippen molar-refractivity contribution in [3.63, 3.8) is 0 Å². The molecule has 2 aromatic carbocycles. The van der Waals surface area contributed by atoms with Gasteiger partial charge in [0.2, 0.25) is 5.91 Å². The summed E-state index contributed by atoms with van der Waals surface area (Å²) in [5.74, 6) is -3.92. The number of hydrogen-bond acceptors (Lipinski definition) is 2. The zero-order valence-electron chi connectivity index (χ0n) is 18.9. The minimum Gasteiger partial charge on any atom is -0.345 e. The van der Waals surface area contributed by atoms with Crippen molar-refractivity contribution in [3.8, 4) is 0 Å². The Morgan fingerprint density at radius 3 is 2.14 bits per heavy atom. The molecule has 2 N–H and O–H groups in total. The average Bonchev–Trinajstić information content (AvgIpc) is 2.79. The summed E-state index contributed by atoms with van der Waals surface area (Å²) in [4.78, 5) is 24.4. The summed E-state index contributed by atoms with van der Waals surface area (Å²) in [7, 11) is 0. The number of nitrogens with one attached hydrogen (secondary N) is 2. The van der Waals surface area contributed by atoms with Crippen LogP contribution in [0.5, 0.6) is 0 Å². The Hall–Kier alpha value is -2.69. The predicted octanol–water partition coefficient (Wildman–Crippen LogP) is 7.45. The molecule has 0 saturated carbocycles. The third kappa shape index (κ3) is 8.69. The van der Waals surface area contributed by atoms with Gasteiger partial charge in [0.25, 0.3) is 5.91 Å². The number of alkyl halides is 6. The summed E-state index contributed by atoms with van der Waals surface area (Å²) in [6.07, 6.45) is -5.99. The van der Waals surface area contributed by atoms with Gasteiger partial charge in [-0.05, 0) is 47.9 Å². The molecule has 0 heterocycles. The monoisotopic (exact) mass is 586 g/mol. The topological polar surface area (TPSA) is 58.2 Å². The number of amides is 2. The molecule has 0 aliphatic rings. The molecule has 1 unspecified atom stereocenters. The molecule has 4 nitrogen and oxygen atoms in total. The van der Waals surface area contributed by atoms with Gasteiger partial charge in [0.05, 0.1) is 21.0 Å². The fraction of sp³-hybridized carbons (Fsp3) is 0.250. The van der Waals surface area contributed by atoms with Crippen LogP contribution in [-0.2, 0) is 4.79 Å². The standard InChI is InChI=1S/C24H19Cl3F6N2O2/c1-3-14-8-13(4-6-16(14)22(37)35-12(2)21(36)34-11-23(28,29)30)5-7-17(24(31,32)33)15-9-18(25)20(27)19(26)10-15/h3-10,12,17H,1,11H2,2H3,(H,34,36)(H,35,37)/b7-5+/t12-,17?/m1/s1. The van der Waals surface area contributed by atoms with E-state index in [2.05, 4.69) is 11.9 Å². The molecule has 0 radical (unpaired) electrons. The van der Waals surface area contributed by atoms with Crippen molar-refractivity contribution in [3.05, 3.63) is 80.3 Å². The second-order valence-corrected chi connectivity index (χ2v) is 8.95. The van der Waals surface area contributed by atoms with Crippen molar-refractivity contribution in [1.82, 2.24) is 10.6 Å². The van der Waals surface area contributed by atoms with E-state index in [-0.39, 0.29) is 37.3 Å². The van der Waals surface area contributed by atoms with Crippen LogP contribution in [0.15, 0.2) is 43.0 Å². The normalized spacial score (nSPS) is 13.8. The number of benzene rings is 2. The first-order valence-corrected chi connectivity index (χ1v) is 11.5. The summed E-state index contributed by atoms with van der Waals surface area (Å²) >= 11 is 17.6. The van der Waals surface area contributed by atoms with E-state index in [4.69, 9.17) is 34.8 Å². The molecular formula is C24H19Cl3F6N2O2. The van der Waals surface area contributed by atoms with Gasteiger partial charge in [0, 0.05) is 5.56 Å². The molecule has 0 saturated heterocycles. The first-order chi connectivity index (χ1) is 17.0. The van der Waals surface area contributed by atoms with Gasteiger partial charge in [-0.3, -0.25) is 9.59 Å². The Morgan fingerprint density at radius 1 is 1.03 bits per heavy atom. The van der Waals surface area contributed by atoms with Crippen molar-refractivity contribution in [2.75, 3.05) is 6.54 Å². The third-order valence-electron chi connectivity index (χ3n) is 4.94. The van der Waals surface area contributed by atoms with E-state index in [1.54, 1.807) is 5.32 Å². The number of allylic oxidation sites excluding steroid dienone is 1. The van der Waals surface area contributed by atoms with Crippen LogP contribution in [-0.4, -0.2) is 36.8 Å². The van der Waals surface area contributed by atoms with Gasteiger partial charge in [-0.2, -0.15) is 26.3 Å². The fourth-order valence-corrected chi connectivity index (χ4v) is 3.73. The summed E-state index contributed by atoms with van der Waals surface area (Å²) in [5, 5.41) is 3.56. The van der Waals surface area contributed by atoms with Crippen molar-refractivity contribution in [1.29, 1.82) is 0 Å². The van der Waals surface area contributed by atoms with Crippen molar-refractivity contribution in [2.45, 2.75) is 31.2 Å². The first kappa shape index (κ1) is 30.5. The van der Waals surface area contributed by atoms with Crippen LogP contribution < -0.4 is 10.6 Å². The zero-order chi connectivity index (χ0) is 28.1. The molecule has 0 fully saturated rings. The molecule has 2 amide bonds. The number of carbonyl (C=O) groups is 2. The van der Waals surface area contributed by atoms with Crippen molar-refractivity contribution < 1.29 is 35.9 Å². The lowest BCUT2D eigenvalue weighted by atomic mass is 9.96. The first-order valence-electron chi connectivity index (χ1n) is 10.3. The lowest BCUT2D eigenvalue weighted by molar-refractivity contribution is -0.139. The fourth-order valence-electron chi connectivity index (χ4n) is 3.11. The lowest BCUT2D eigenvalue weighted by Gasteiger charge is -2.18. The molecule has 2 rings (SSSR count). The van der Waals surface area contributed by atoms with E-state index < -0.39 is 42.7 Å². The Balaban J connectivity index is 2.26. The summed E-state index contributed by atoms with van der Waals surface area (Å²) in [6, 6.07) is 4.84. The molecule has 2 atom stereocenters. The highest BCUT2D eigenvalue weighted by molar-refractivity contribution is 6.48. The van der Waals surface area contributed by atoms with Crippen LogP contribution in [0.1, 0.15) is 39.9 Å². The van der Waals surface area contributed by atoms with E-state index in [1.165, 1.54) is 37.3 Å². The van der Waals surface area contributed by atoms with Gasteiger partial charge < -0.3 is 10.6 Å². The van der Waals surface area contributed by atoms with Crippen LogP contribution in [0, 0.1) is 0 Å². The largest absolute Gasteiger partial charge is 0.405 e. The maximum Gasteiger partial charge on any atom is 0.405 e. The van der Waals surface area contributed by atoms with Gasteiger partial charge in [-0.25, -0.2) is 0 Å². The number of halogens is 9. The molecule has 2 aromatic rings. The second kappa shape index (κ2) is 12.2. The van der Waals surface area contributed by atoms with Gasteiger partial charge in [0.1, 0.15) is 12.6 Å². The molecule has 0 aliphatic carbocycles. The van der Waals surface area contributed by atoms with Gasteiger partial charge in [-0.15, -0.1) is 0 Å². The van der Waals surface area contributed by atoms with E-state index in [9.17, 15) is 35.9 Å². The molecule has 37 heavy (non-hydrogen) atoms. The van der Waals surface area contributed by atoms with Crippen molar-refractivity contribution in [2.24, 2.45) is 0 Å². The average molecular weight is 588 g/mol. The van der Waals surface area contributed by atoms with Gasteiger partial charge >= 0.3 is 12.4 Å². The van der Waals surface area contributed by atoms with Gasteiger partial charge in [0.15, 0.2) is 0 Å². The summed E-state index contributed by atoms with van der Waals surface area (Å²) in [6.45, 7) is 3.20. The highest BCUT2D eigenvalue weighted by atomic mass is 35.5. The second-order valence-electron chi connectivity index (χ2n) is 7.76. The van der Waals surface area contributed by atoms with Crippen LogP contribution >= 0.6 is 34.8 Å². The van der Waals surface area contributed by atoms with Crippen LogP contribution in [0.4, 0.5) is 26.3 Å². The third-order valence-corrected chi connectivity index (χ3v) is 6.14. The molecular weight excluding hydrogens is 569 g/mol. The van der Waals surface area contributed by atoms with E-state index in [0.29, 0.717) is 0 Å². The van der Waals surface area contributed by atoms with Crippen LogP contribution in [0.2, 0.25) is 15.1 Å². The summed E-state index contributed by atoms with van der Waals surface area (Å²) in [5.41, 5.74) is 0.263.